The first-order chi connectivity index (χ1) is 13.1. The molecule has 3 aromatic carbocycles. The normalized spacial score (nSPS) is 15.2. The van der Waals surface area contributed by atoms with Crippen LogP contribution in [0.15, 0.2) is 90.0 Å². The van der Waals surface area contributed by atoms with Crippen molar-refractivity contribution in [3.05, 3.63) is 107 Å². The molecule has 0 aromatic heterocycles. The Labute approximate surface area is 160 Å². The largest absolute Gasteiger partial charge is 0.275 e. The highest BCUT2D eigenvalue weighted by Gasteiger charge is 2.48. The zero-order chi connectivity index (χ0) is 18.9. The van der Waals surface area contributed by atoms with Crippen LogP contribution in [-0.4, -0.2) is 16.6 Å². The summed E-state index contributed by atoms with van der Waals surface area (Å²) in [6, 6.07) is 28.3. The van der Waals surface area contributed by atoms with Crippen LogP contribution in [0.4, 0.5) is 0 Å². The lowest BCUT2D eigenvalue weighted by molar-refractivity contribution is 0.0515. The van der Waals surface area contributed by atoms with E-state index in [1.807, 2.05) is 74.5 Å². The van der Waals surface area contributed by atoms with Crippen LogP contribution in [0.2, 0.25) is 0 Å². The minimum absolute atomic E-state index is 0.0641. The van der Waals surface area contributed by atoms with Crippen molar-refractivity contribution in [3.8, 4) is 0 Å². The fourth-order valence-electron chi connectivity index (χ4n) is 3.89. The van der Waals surface area contributed by atoms with Crippen LogP contribution in [-0.2, 0) is 12.0 Å². The maximum atomic E-state index is 13.5. The maximum Gasteiger partial charge on any atom is 0.275 e. The zero-order valence-corrected chi connectivity index (χ0v) is 15.6. The van der Waals surface area contributed by atoms with Gasteiger partial charge in [0.25, 0.3) is 5.91 Å². The second-order valence-corrected chi connectivity index (χ2v) is 7.09. The minimum atomic E-state index is -0.675. The number of rotatable bonds is 3. The van der Waals surface area contributed by atoms with Gasteiger partial charge in [-0.3, -0.25) is 4.79 Å². The third kappa shape index (κ3) is 2.85. The Balaban J connectivity index is 2.06. The summed E-state index contributed by atoms with van der Waals surface area (Å²) in [5, 5.41) is 6.41. The number of hydrogen-bond acceptors (Lipinski definition) is 2. The van der Waals surface area contributed by atoms with Crippen molar-refractivity contribution in [2.45, 2.75) is 25.8 Å². The van der Waals surface area contributed by atoms with Gasteiger partial charge in [0.05, 0.1) is 0 Å². The van der Waals surface area contributed by atoms with Crippen LogP contribution in [0.1, 0.15) is 40.9 Å². The summed E-state index contributed by atoms with van der Waals surface area (Å²) in [6.45, 7) is 3.85. The average molecular weight is 354 g/mol. The molecule has 0 saturated carbocycles. The van der Waals surface area contributed by atoms with Gasteiger partial charge in [0.15, 0.2) is 0 Å². The van der Waals surface area contributed by atoms with E-state index < -0.39 is 5.54 Å². The van der Waals surface area contributed by atoms with Gasteiger partial charge in [-0.1, -0.05) is 78.9 Å². The summed E-state index contributed by atoms with van der Waals surface area (Å²) >= 11 is 0. The van der Waals surface area contributed by atoms with E-state index in [-0.39, 0.29) is 5.91 Å². The van der Waals surface area contributed by atoms with Crippen molar-refractivity contribution in [2.75, 3.05) is 0 Å². The molecular formula is C24H22N2O. The lowest BCUT2D eigenvalue weighted by atomic mass is 9.74. The van der Waals surface area contributed by atoms with E-state index in [0.717, 1.165) is 28.0 Å². The number of benzene rings is 3. The molecule has 0 bridgehead atoms. The van der Waals surface area contributed by atoms with Crippen LogP contribution in [0.3, 0.4) is 0 Å². The Bertz CT molecular complexity index is 950. The molecule has 1 heterocycles. The van der Waals surface area contributed by atoms with Crippen molar-refractivity contribution >= 4 is 11.6 Å². The van der Waals surface area contributed by atoms with E-state index in [0.29, 0.717) is 6.42 Å². The first-order valence-corrected chi connectivity index (χ1v) is 9.18. The third-order valence-electron chi connectivity index (χ3n) is 5.05. The Morgan fingerprint density at radius 1 is 0.815 bits per heavy atom. The molecular weight excluding hydrogens is 332 g/mol. The molecule has 0 radical (unpaired) electrons. The molecule has 1 amide bonds. The topological polar surface area (TPSA) is 32.7 Å². The quantitative estimate of drug-likeness (QED) is 0.608. The first-order valence-electron chi connectivity index (χ1n) is 9.18. The maximum absolute atomic E-state index is 13.5. The van der Waals surface area contributed by atoms with Crippen molar-refractivity contribution in [1.82, 2.24) is 5.01 Å². The van der Waals surface area contributed by atoms with Gasteiger partial charge >= 0.3 is 0 Å². The van der Waals surface area contributed by atoms with Gasteiger partial charge in [0, 0.05) is 17.7 Å². The number of hydrogen-bond donors (Lipinski definition) is 0. The summed E-state index contributed by atoms with van der Waals surface area (Å²) in [5.74, 6) is -0.0641. The molecule has 3 nitrogen and oxygen atoms in total. The highest BCUT2D eigenvalue weighted by atomic mass is 16.2. The molecule has 1 aliphatic heterocycles. The standard InChI is InChI=1S/C24H22N2O/c1-18(2)25-26-23(27)22-16-10-9-11-19(22)17-24(26,20-12-5-3-6-13-20)21-14-7-4-8-15-21/h3-16H,17H2,1-2H3. The number of carbonyl (C=O) groups is 1. The van der Waals surface area contributed by atoms with Crippen molar-refractivity contribution in [3.63, 3.8) is 0 Å². The highest BCUT2D eigenvalue weighted by molar-refractivity contribution is 5.98. The molecule has 3 aromatic rings. The molecule has 0 N–H and O–H groups in total. The van der Waals surface area contributed by atoms with Gasteiger partial charge in [0.2, 0.25) is 0 Å². The van der Waals surface area contributed by atoms with Crippen LogP contribution >= 0.6 is 0 Å². The van der Waals surface area contributed by atoms with Crippen LogP contribution in [0, 0.1) is 0 Å². The summed E-state index contributed by atoms with van der Waals surface area (Å²) in [6.07, 6.45) is 0.680. The molecule has 3 heteroatoms. The van der Waals surface area contributed by atoms with Gasteiger partial charge in [-0.05, 0) is 36.6 Å². The third-order valence-corrected chi connectivity index (χ3v) is 5.05. The van der Waals surface area contributed by atoms with E-state index in [9.17, 15) is 4.79 Å². The predicted octanol–water partition coefficient (Wildman–Crippen LogP) is 5.02. The molecule has 0 fully saturated rings. The van der Waals surface area contributed by atoms with Crippen molar-refractivity contribution in [2.24, 2.45) is 5.10 Å². The molecule has 1 aliphatic rings. The fourth-order valence-corrected chi connectivity index (χ4v) is 3.89. The predicted molar refractivity (Wildman–Crippen MR) is 109 cm³/mol. The summed E-state index contributed by atoms with van der Waals surface area (Å²) in [7, 11) is 0. The molecule has 27 heavy (non-hydrogen) atoms. The van der Waals surface area contributed by atoms with Gasteiger partial charge in [0.1, 0.15) is 5.54 Å². The van der Waals surface area contributed by atoms with E-state index in [1.165, 1.54) is 0 Å². The monoisotopic (exact) mass is 354 g/mol. The van der Waals surface area contributed by atoms with E-state index in [2.05, 4.69) is 24.3 Å². The number of fused-ring (bicyclic) bond motifs is 1. The van der Waals surface area contributed by atoms with Gasteiger partial charge in [-0.2, -0.15) is 5.10 Å². The molecule has 0 aliphatic carbocycles. The molecule has 0 atom stereocenters. The Morgan fingerprint density at radius 3 is 1.89 bits per heavy atom. The highest BCUT2D eigenvalue weighted by Crippen LogP contribution is 2.44. The lowest BCUT2D eigenvalue weighted by Crippen LogP contribution is -2.52. The molecule has 0 spiro atoms. The number of amides is 1. The van der Waals surface area contributed by atoms with Crippen molar-refractivity contribution in [1.29, 1.82) is 0 Å². The Hall–Kier alpha value is -3.20. The van der Waals surface area contributed by atoms with Gasteiger partial charge < -0.3 is 0 Å². The smallest absolute Gasteiger partial charge is 0.267 e. The first kappa shape index (κ1) is 17.2. The average Bonchev–Trinajstić information content (AvgIpc) is 2.71. The minimum Gasteiger partial charge on any atom is -0.267 e. The van der Waals surface area contributed by atoms with E-state index in [1.54, 1.807) is 5.01 Å². The second kappa shape index (κ2) is 6.84. The Kier molecular flexibility index (Phi) is 4.36. The molecule has 134 valence electrons. The second-order valence-electron chi connectivity index (χ2n) is 7.09. The van der Waals surface area contributed by atoms with Crippen LogP contribution in [0.25, 0.3) is 0 Å². The number of hydrazone groups is 1. The zero-order valence-electron chi connectivity index (χ0n) is 15.6. The van der Waals surface area contributed by atoms with Crippen LogP contribution in [0.5, 0.6) is 0 Å². The van der Waals surface area contributed by atoms with E-state index >= 15 is 0 Å². The fraction of sp³-hybridized carbons (Fsp3) is 0.167. The molecule has 0 saturated heterocycles. The van der Waals surface area contributed by atoms with Gasteiger partial charge in [-0.15, -0.1) is 0 Å². The number of nitrogens with zero attached hydrogens (tertiary/aromatic N) is 2. The summed E-state index contributed by atoms with van der Waals surface area (Å²) < 4.78 is 0. The molecule has 0 unspecified atom stereocenters. The lowest BCUT2D eigenvalue weighted by Gasteiger charge is -2.45. The summed E-state index contributed by atoms with van der Waals surface area (Å²) in [5.41, 5.74) is 4.07. The summed E-state index contributed by atoms with van der Waals surface area (Å²) in [4.78, 5) is 13.5. The van der Waals surface area contributed by atoms with Gasteiger partial charge in [-0.25, -0.2) is 5.01 Å². The van der Waals surface area contributed by atoms with Crippen molar-refractivity contribution < 1.29 is 4.79 Å². The number of carbonyl (C=O) groups excluding carboxylic acids is 1. The molecule has 4 rings (SSSR count). The van der Waals surface area contributed by atoms with Crippen LogP contribution < -0.4 is 0 Å². The Morgan fingerprint density at radius 2 is 1.33 bits per heavy atom. The van der Waals surface area contributed by atoms with E-state index in [4.69, 9.17) is 5.10 Å². The SMILES string of the molecule is CC(C)=NN1C(=O)c2ccccc2CC1(c1ccccc1)c1ccccc1.